The van der Waals surface area contributed by atoms with Crippen molar-refractivity contribution in [3.05, 3.63) is 60.4 Å². The van der Waals surface area contributed by atoms with E-state index in [2.05, 4.69) is 51.3 Å². The Bertz CT molecular complexity index is 560. The molecule has 2 heterocycles. The highest BCUT2D eigenvalue weighted by atomic mass is 15.3. The Kier molecular flexibility index (Phi) is 4.59. The molecule has 0 atom stereocenters. The van der Waals surface area contributed by atoms with Crippen LogP contribution in [0, 0.1) is 0 Å². The Morgan fingerprint density at radius 3 is 2.43 bits per heavy atom. The SMILES string of the molecule is C(=C\c1ccccc1)/C[NH+]1CCN(c2ncccn2)CC1. The van der Waals surface area contributed by atoms with E-state index in [1.165, 1.54) is 5.56 Å². The average molecular weight is 281 g/mol. The molecule has 1 aliphatic heterocycles. The smallest absolute Gasteiger partial charge is 0.225 e. The number of aromatic nitrogens is 2. The summed E-state index contributed by atoms with van der Waals surface area (Å²) in [6, 6.07) is 12.3. The van der Waals surface area contributed by atoms with Crippen molar-refractivity contribution in [3.8, 4) is 0 Å². The third-order valence-electron chi connectivity index (χ3n) is 3.82. The molecular weight excluding hydrogens is 260 g/mol. The third kappa shape index (κ3) is 3.89. The molecule has 0 aliphatic carbocycles. The molecule has 3 rings (SSSR count). The Morgan fingerprint density at radius 1 is 1.00 bits per heavy atom. The van der Waals surface area contributed by atoms with Gasteiger partial charge in [0.2, 0.25) is 5.95 Å². The first-order valence-corrected chi connectivity index (χ1v) is 7.49. The van der Waals surface area contributed by atoms with Crippen molar-refractivity contribution in [2.24, 2.45) is 0 Å². The molecule has 2 aromatic rings. The first-order valence-electron chi connectivity index (χ1n) is 7.49. The largest absolute Gasteiger partial charge is 0.330 e. The number of quaternary nitrogens is 1. The molecule has 0 unspecified atom stereocenters. The van der Waals surface area contributed by atoms with Crippen LogP contribution in [-0.2, 0) is 0 Å². The van der Waals surface area contributed by atoms with Crippen molar-refractivity contribution < 1.29 is 4.90 Å². The number of hydrogen-bond donors (Lipinski definition) is 1. The number of nitrogens with one attached hydrogen (secondary N) is 1. The standard InChI is InChI=1S/C17H20N4/c1-2-6-16(7-3-1)8-4-11-20-12-14-21(15-13-20)17-18-9-5-10-19-17/h1-10H,11-15H2/p+1/b8-4+. The summed E-state index contributed by atoms with van der Waals surface area (Å²) in [5, 5.41) is 0. The number of nitrogens with zero attached hydrogens (tertiary/aromatic N) is 3. The molecule has 4 nitrogen and oxygen atoms in total. The molecular formula is C17H21N4+. The van der Waals surface area contributed by atoms with E-state index in [4.69, 9.17) is 0 Å². The normalized spacial score (nSPS) is 16.5. The highest BCUT2D eigenvalue weighted by Crippen LogP contribution is 2.04. The van der Waals surface area contributed by atoms with Crippen LogP contribution in [0.4, 0.5) is 5.95 Å². The number of benzene rings is 1. The summed E-state index contributed by atoms with van der Waals surface area (Å²) in [7, 11) is 0. The molecule has 1 N–H and O–H groups in total. The van der Waals surface area contributed by atoms with E-state index in [9.17, 15) is 0 Å². The highest BCUT2D eigenvalue weighted by Gasteiger charge is 2.20. The van der Waals surface area contributed by atoms with Crippen LogP contribution in [0.15, 0.2) is 54.9 Å². The van der Waals surface area contributed by atoms with Crippen molar-refractivity contribution in [2.75, 3.05) is 37.6 Å². The Morgan fingerprint density at radius 2 is 1.71 bits per heavy atom. The molecule has 1 fully saturated rings. The van der Waals surface area contributed by atoms with Crippen LogP contribution < -0.4 is 9.80 Å². The van der Waals surface area contributed by atoms with Gasteiger partial charge in [-0.1, -0.05) is 36.4 Å². The van der Waals surface area contributed by atoms with Gasteiger partial charge in [-0.3, -0.25) is 0 Å². The molecule has 21 heavy (non-hydrogen) atoms. The first kappa shape index (κ1) is 13.8. The fourth-order valence-corrected chi connectivity index (χ4v) is 2.61. The van der Waals surface area contributed by atoms with Crippen LogP contribution in [0.5, 0.6) is 0 Å². The van der Waals surface area contributed by atoms with E-state index in [0.29, 0.717) is 0 Å². The molecule has 0 bridgehead atoms. The van der Waals surface area contributed by atoms with Crippen LogP contribution in [-0.4, -0.2) is 42.7 Å². The maximum atomic E-state index is 4.32. The summed E-state index contributed by atoms with van der Waals surface area (Å²) >= 11 is 0. The molecule has 0 amide bonds. The molecule has 1 aromatic carbocycles. The van der Waals surface area contributed by atoms with E-state index in [1.54, 1.807) is 4.90 Å². The molecule has 1 saturated heterocycles. The van der Waals surface area contributed by atoms with Gasteiger partial charge in [0, 0.05) is 12.4 Å². The summed E-state index contributed by atoms with van der Waals surface area (Å²) in [5.74, 6) is 0.858. The van der Waals surface area contributed by atoms with Crippen LogP contribution in [0.3, 0.4) is 0 Å². The monoisotopic (exact) mass is 281 g/mol. The van der Waals surface area contributed by atoms with Gasteiger partial charge in [0.1, 0.15) is 0 Å². The number of rotatable bonds is 4. The van der Waals surface area contributed by atoms with Crippen molar-refractivity contribution >= 4 is 12.0 Å². The number of hydrogen-bond acceptors (Lipinski definition) is 3. The Balaban J connectivity index is 1.47. The van der Waals surface area contributed by atoms with Gasteiger partial charge in [-0.2, -0.15) is 0 Å². The van der Waals surface area contributed by atoms with Crippen molar-refractivity contribution in [1.29, 1.82) is 0 Å². The zero-order chi connectivity index (χ0) is 14.3. The van der Waals surface area contributed by atoms with Crippen molar-refractivity contribution in [2.45, 2.75) is 0 Å². The van der Waals surface area contributed by atoms with Gasteiger partial charge in [-0.15, -0.1) is 0 Å². The van der Waals surface area contributed by atoms with Crippen LogP contribution in [0.25, 0.3) is 6.08 Å². The van der Waals surface area contributed by atoms with E-state index in [0.717, 1.165) is 38.7 Å². The van der Waals surface area contributed by atoms with Gasteiger partial charge in [-0.25, -0.2) is 9.97 Å². The summed E-state index contributed by atoms with van der Waals surface area (Å²) in [6.45, 7) is 5.41. The summed E-state index contributed by atoms with van der Waals surface area (Å²) in [4.78, 5) is 12.5. The second-order valence-corrected chi connectivity index (χ2v) is 5.30. The highest BCUT2D eigenvalue weighted by molar-refractivity contribution is 5.48. The Labute approximate surface area is 125 Å². The zero-order valence-electron chi connectivity index (χ0n) is 12.2. The molecule has 1 aliphatic rings. The van der Waals surface area contributed by atoms with Gasteiger partial charge in [0.05, 0.1) is 32.7 Å². The van der Waals surface area contributed by atoms with E-state index < -0.39 is 0 Å². The molecule has 1 aromatic heterocycles. The minimum absolute atomic E-state index is 0.858. The van der Waals surface area contributed by atoms with Gasteiger partial charge < -0.3 is 9.80 Å². The van der Waals surface area contributed by atoms with Crippen molar-refractivity contribution in [3.63, 3.8) is 0 Å². The lowest BCUT2D eigenvalue weighted by Crippen LogP contribution is -3.14. The predicted octanol–water partition coefficient (Wildman–Crippen LogP) is 0.895. The van der Waals surface area contributed by atoms with Crippen LogP contribution in [0.1, 0.15) is 5.56 Å². The topological polar surface area (TPSA) is 33.5 Å². The average Bonchev–Trinajstić information content (AvgIpc) is 2.57. The minimum Gasteiger partial charge on any atom is -0.330 e. The summed E-state index contributed by atoms with van der Waals surface area (Å²) in [6.07, 6.45) is 8.10. The minimum atomic E-state index is 0.858. The summed E-state index contributed by atoms with van der Waals surface area (Å²) in [5.41, 5.74) is 1.27. The lowest BCUT2D eigenvalue weighted by molar-refractivity contribution is -0.894. The van der Waals surface area contributed by atoms with Gasteiger partial charge in [0.15, 0.2) is 0 Å². The lowest BCUT2D eigenvalue weighted by atomic mass is 10.2. The first-order chi connectivity index (χ1) is 10.4. The van der Waals surface area contributed by atoms with Gasteiger partial charge in [0.25, 0.3) is 0 Å². The second-order valence-electron chi connectivity index (χ2n) is 5.30. The van der Waals surface area contributed by atoms with Crippen molar-refractivity contribution in [1.82, 2.24) is 9.97 Å². The zero-order valence-corrected chi connectivity index (χ0v) is 12.2. The fraction of sp³-hybridized carbons (Fsp3) is 0.294. The molecule has 0 radical (unpaired) electrons. The Hall–Kier alpha value is -2.20. The molecule has 0 spiro atoms. The second kappa shape index (κ2) is 6.99. The molecule has 4 heteroatoms. The summed E-state index contributed by atoms with van der Waals surface area (Å²) < 4.78 is 0. The molecule has 0 saturated carbocycles. The van der Waals surface area contributed by atoms with Crippen LogP contribution >= 0.6 is 0 Å². The van der Waals surface area contributed by atoms with Gasteiger partial charge >= 0.3 is 0 Å². The fourth-order valence-electron chi connectivity index (χ4n) is 2.61. The van der Waals surface area contributed by atoms with Gasteiger partial charge in [-0.05, 0) is 17.7 Å². The lowest BCUT2D eigenvalue weighted by Gasteiger charge is -2.31. The predicted molar refractivity (Wildman–Crippen MR) is 85.3 cm³/mol. The third-order valence-corrected chi connectivity index (χ3v) is 3.82. The van der Waals surface area contributed by atoms with E-state index in [1.807, 2.05) is 24.5 Å². The van der Waals surface area contributed by atoms with E-state index >= 15 is 0 Å². The quantitative estimate of drug-likeness (QED) is 0.904. The van der Waals surface area contributed by atoms with Crippen LogP contribution in [0.2, 0.25) is 0 Å². The number of piperazine rings is 1. The number of anilines is 1. The van der Waals surface area contributed by atoms with E-state index in [-0.39, 0.29) is 0 Å². The maximum absolute atomic E-state index is 4.32. The molecule has 108 valence electrons. The maximum Gasteiger partial charge on any atom is 0.225 e.